The Morgan fingerprint density at radius 1 is 1.16 bits per heavy atom. The topological polar surface area (TPSA) is 18.5 Å². The minimum atomic E-state index is -0.0128. The van der Waals surface area contributed by atoms with E-state index in [1.54, 1.807) is 0 Å². The van der Waals surface area contributed by atoms with Gasteiger partial charge in [0.1, 0.15) is 0 Å². The molecule has 3 saturated carbocycles. The fourth-order valence-electron chi connectivity index (χ4n) is 4.53. The highest BCUT2D eigenvalue weighted by Gasteiger charge is 2.55. The molecule has 0 aromatic heterocycles. The zero-order valence-electron chi connectivity index (χ0n) is 12.8. The molecule has 1 unspecified atom stereocenters. The van der Waals surface area contributed by atoms with Gasteiger partial charge in [-0.3, -0.25) is 0 Å². The van der Waals surface area contributed by atoms with Crippen LogP contribution in [0.15, 0.2) is 12.2 Å². The summed E-state index contributed by atoms with van der Waals surface area (Å²) in [5, 5.41) is 0. The van der Waals surface area contributed by atoms with Gasteiger partial charge in [-0.25, -0.2) is 0 Å². The number of hydrogen-bond donors (Lipinski definition) is 0. The minimum absolute atomic E-state index is 0.0128. The molecule has 108 valence electrons. The van der Waals surface area contributed by atoms with Crippen molar-refractivity contribution in [2.24, 2.45) is 35.0 Å². The van der Waals surface area contributed by atoms with Crippen molar-refractivity contribution in [3.05, 3.63) is 12.2 Å². The van der Waals surface area contributed by atoms with Crippen LogP contribution in [0.1, 0.15) is 40.5 Å². The molecule has 4 fully saturated rings. The van der Waals surface area contributed by atoms with Crippen molar-refractivity contribution < 1.29 is 9.47 Å². The van der Waals surface area contributed by atoms with E-state index >= 15 is 0 Å². The van der Waals surface area contributed by atoms with Crippen LogP contribution in [0.3, 0.4) is 0 Å². The monoisotopic (exact) mass is 264 g/mol. The first kappa shape index (κ1) is 13.6. The maximum Gasteiger partial charge on any atom is 0.163 e. The Kier molecular flexibility index (Phi) is 3.51. The second-order valence-corrected chi connectivity index (χ2v) is 7.47. The first-order chi connectivity index (χ1) is 9.00. The predicted molar refractivity (Wildman–Crippen MR) is 76.6 cm³/mol. The van der Waals surface area contributed by atoms with Crippen molar-refractivity contribution in [3.8, 4) is 0 Å². The molecule has 1 heterocycles. The Labute approximate surface area is 117 Å². The standard InChI is InChI=1S/C17H28O2/c1-11(16-18-7-8-19-16)5-6-13-9-14-10-15(12(13)2)17(14,3)4/h5-6,11-16H,7-10H2,1-4H3/t11?,12-,13-,14+,15+/m1/s1. The summed E-state index contributed by atoms with van der Waals surface area (Å²) in [6.45, 7) is 11.1. The highest BCUT2D eigenvalue weighted by Crippen LogP contribution is 2.63. The maximum absolute atomic E-state index is 5.57. The molecule has 0 aromatic rings. The summed E-state index contributed by atoms with van der Waals surface area (Å²) in [5.41, 5.74) is 0.590. The van der Waals surface area contributed by atoms with E-state index in [0.717, 1.165) is 36.9 Å². The molecule has 0 aromatic carbocycles. The van der Waals surface area contributed by atoms with Gasteiger partial charge < -0.3 is 9.47 Å². The van der Waals surface area contributed by atoms with Gasteiger partial charge in [0, 0.05) is 5.92 Å². The highest BCUT2D eigenvalue weighted by molar-refractivity contribution is 5.09. The lowest BCUT2D eigenvalue weighted by atomic mass is 9.43. The molecule has 0 spiro atoms. The van der Waals surface area contributed by atoms with E-state index in [-0.39, 0.29) is 6.29 Å². The number of allylic oxidation sites excluding steroid dienone is 1. The van der Waals surface area contributed by atoms with Crippen molar-refractivity contribution in [2.75, 3.05) is 13.2 Å². The number of hydrogen-bond acceptors (Lipinski definition) is 2. The second kappa shape index (κ2) is 4.89. The fourth-order valence-corrected chi connectivity index (χ4v) is 4.53. The van der Waals surface area contributed by atoms with Crippen molar-refractivity contribution >= 4 is 0 Å². The quantitative estimate of drug-likeness (QED) is 0.720. The van der Waals surface area contributed by atoms with Gasteiger partial charge in [0.05, 0.1) is 13.2 Å². The molecule has 3 aliphatic carbocycles. The molecule has 0 N–H and O–H groups in total. The third-order valence-electron chi connectivity index (χ3n) is 6.15. The number of fused-ring (bicyclic) bond motifs is 2. The Hall–Kier alpha value is -0.340. The first-order valence-electron chi connectivity index (χ1n) is 7.91. The van der Waals surface area contributed by atoms with Crippen molar-refractivity contribution in [1.82, 2.24) is 0 Å². The lowest BCUT2D eigenvalue weighted by Crippen LogP contribution is -2.54. The summed E-state index contributed by atoms with van der Waals surface area (Å²) in [6.07, 6.45) is 7.61. The van der Waals surface area contributed by atoms with Crippen LogP contribution in [0, 0.1) is 35.0 Å². The Morgan fingerprint density at radius 3 is 2.42 bits per heavy atom. The van der Waals surface area contributed by atoms with E-state index in [4.69, 9.17) is 9.47 Å². The van der Waals surface area contributed by atoms with Gasteiger partial charge in [-0.15, -0.1) is 0 Å². The summed E-state index contributed by atoms with van der Waals surface area (Å²) < 4.78 is 11.1. The van der Waals surface area contributed by atoms with E-state index in [2.05, 4.69) is 39.8 Å². The molecule has 2 bridgehead atoms. The fraction of sp³-hybridized carbons (Fsp3) is 0.882. The molecule has 4 aliphatic rings. The number of ether oxygens (including phenoxy) is 2. The molecule has 5 atom stereocenters. The van der Waals surface area contributed by atoms with E-state index in [9.17, 15) is 0 Å². The van der Waals surface area contributed by atoms with Gasteiger partial charge in [-0.1, -0.05) is 39.8 Å². The van der Waals surface area contributed by atoms with Gasteiger partial charge in [0.2, 0.25) is 0 Å². The summed E-state index contributed by atoms with van der Waals surface area (Å²) >= 11 is 0. The molecular weight excluding hydrogens is 236 g/mol. The SMILES string of the molecule is CC(C=C[C@@H]1C[C@H]2C[C@@H]([C@@H]1C)C2(C)C)C1OCCO1. The van der Waals surface area contributed by atoms with Gasteiger partial charge >= 0.3 is 0 Å². The Morgan fingerprint density at radius 2 is 1.84 bits per heavy atom. The number of rotatable bonds is 3. The minimum Gasteiger partial charge on any atom is -0.350 e. The molecule has 4 rings (SSSR count). The average Bonchev–Trinajstić information content (AvgIpc) is 2.90. The van der Waals surface area contributed by atoms with Gasteiger partial charge in [0.25, 0.3) is 0 Å². The van der Waals surface area contributed by atoms with Crippen LogP contribution in [0.25, 0.3) is 0 Å². The Balaban J connectivity index is 1.59. The van der Waals surface area contributed by atoms with Crippen LogP contribution in [0.5, 0.6) is 0 Å². The largest absolute Gasteiger partial charge is 0.350 e. The molecule has 2 nitrogen and oxygen atoms in total. The van der Waals surface area contributed by atoms with E-state index in [0.29, 0.717) is 11.3 Å². The molecule has 19 heavy (non-hydrogen) atoms. The van der Waals surface area contributed by atoms with Crippen LogP contribution >= 0.6 is 0 Å². The lowest BCUT2D eigenvalue weighted by molar-refractivity contribution is -0.118. The van der Waals surface area contributed by atoms with Crippen LogP contribution in [-0.2, 0) is 9.47 Å². The summed E-state index contributed by atoms with van der Waals surface area (Å²) in [7, 11) is 0. The van der Waals surface area contributed by atoms with Crippen molar-refractivity contribution in [3.63, 3.8) is 0 Å². The predicted octanol–water partition coefficient (Wildman–Crippen LogP) is 3.87. The molecule has 1 aliphatic heterocycles. The van der Waals surface area contributed by atoms with Crippen LogP contribution in [-0.4, -0.2) is 19.5 Å². The maximum atomic E-state index is 5.57. The summed E-state index contributed by atoms with van der Waals surface area (Å²) in [4.78, 5) is 0. The van der Waals surface area contributed by atoms with Gasteiger partial charge in [-0.2, -0.15) is 0 Å². The summed E-state index contributed by atoms with van der Waals surface area (Å²) in [6, 6.07) is 0. The lowest BCUT2D eigenvalue weighted by Gasteiger charge is -2.61. The van der Waals surface area contributed by atoms with Crippen LogP contribution in [0.2, 0.25) is 0 Å². The first-order valence-corrected chi connectivity index (χ1v) is 7.91. The van der Waals surface area contributed by atoms with Crippen molar-refractivity contribution in [1.29, 1.82) is 0 Å². The van der Waals surface area contributed by atoms with Crippen LogP contribution < -0.4 is 0 Å². The smallest absolute Gasteiger partial charge is 0.163 e. The summed E-state index contributed by atoms with van der Waals surface area (Å²) in [5.74, 6) is 3.84. The molecule has 0 amide bonds. The van der Waals surface area contributed by atoms with E-state index in [1.807, 2.05) is 0 Å². The molecular formula is C17H28O2. The third kappa shape index (κ3) is 2.27. The zero-order valence-corrected chi connectivity index (χ0v) is 12.8. The Bertz CT molecular complexity index is 354. The molecule has 2 heteroatoms. The second-order valence-electron chi connectivity index (χ2n) is 7.47. The van der Waals surface area contributed by atoms with E-state index < -0.39 is 0 Å². The zero-order chi connectivity index (χ0) is 13.6. The third-order valence-corrected chi connectivity index (χ3v) is 6.15. The average molecular weight is 264 g/mol. The van der Waals surface area contributed by atoms with Gasteiger partial charge in [-0.05, 0) is 41.9 Å². The molecule has 0 radical (unpaired) electrons. The molecule has 1 saturated heterocycles. The van der Waals surface area contributed by atoms with Gasteiger partial charge in [0.15, 0.2) is 6.29 Å². The highest BCUT2D eigenvalue weighted by atomic mass is 16.7. The van der Waals surface area contributed by atoms with E-state index in [1.165, 1.54) is 12.8 Å². The van der Waals surface area contributed by atoms with Crippen molar-refractivity contribution in [2.45, 2.75) is 46.8 Å². The van der Waals surface area contributed by atoms with Crippen LogP contribution in [0.4, 0.5) is 0 Å². The normalized spacial score (nSPS) is 43.4.